The summed E-state index contributed by atoms with van der Waals surface area (Å²) in [7, 11) is 1.63. The van der Waals surface area contributed by atoms with Gasteiger partial charge in [0.1, 0.15) is 11.5 Å². The van der Waals surface area contributed by atoms with Crippen molar-refractivity contribution in [3.8, 4) is 11.5 Å². The number of hydrazone groups is 1. The van der Waals surface area contributed by atoms with Gasteiger partial charge in [0, 0.05) is 24.1 Å². The maximum absolute atomic E-state index is 13.4. The van der Waals surface area contributed by atoms with Gasteiger partial charge >= 0.3 is 0 Å². The lowest BCUT2D eigenvalue weighted by molar-refractivity contribution is -0.135. The summed E-state index contributed by atoms with van der Waals surface area (Å²) >= 11 is 0. The molecule has 0 radical (unpaired) electrons. The number of carbonyl (C=O) groups excluding carboxylic acids is 2. The van der Waals surface area contributed by atoms with Crippen molar-refractivity contribution in [3.63, 3.8) is 0 Å². The molecule has 0 spiro atoms. The third-order valence-corrected chi connectivity index (χ3v) is 6.44. The zero-order valence-electron chi connectivity index (χ0n) is 19.8. The van der Waals surface area contributed by atoms with Crippen molar-refractivity contribution in [2.24, 2.45) is 5.10 Å². The fraction of sp³-hybridized carbons (Fsp3) is 0.250. The second-order valence-electron chi connectivity index (χ2n) is 8.72. The second kappa shape index (κ2) is 9.62. The van der Waals surface area contributed by atoms with E-state index in [1.807, 2.05) is 55.5 Å². The van der Waals surface area contributed by atoms with Gasteiger partial charge in [-0.2, -0.15) is 5.10 Å². The minimum Gasteiger partial charge on any atom is -0.497 e. The molecule has 2 aliphatic heterocycles. The number of hydrogen-bond acceptors (Lipinski definition) is 5. The summed E-state index contributed by atoms with van der Waals surface area (Å²) in [5.41, 5.74) is 5.39. The Balaban J connectivity index is 1.39. The summed E-state index contributed by atoms with van der Waals surface area (Å²) in [5.74, 6) is 0.979. The molecular formula is C28H27N3O4. The molecule has 3 aromatic rings. The van der Waals surface area contributed by atoms with Gasteiger partial charge in [-0.25, -0.2) is 5.01 Å². The first-order chi connectivity index (χ1) is 17.0. The van der Waals surface area contributed by atoms with Gasteiger partial charge in [-0.3, -0.25) is 9.59 Å². The van der Waals surface area contributed by atoms with E-state index in [1.54, 1.807) is 25.3 Å². The van der Waals surface area contributed by atoms with Crippen molar-refractivity contribution in [2.45, 2.75) is 25.8 Å². The summed E-state index contributed by atoms with van der Waals surface area (Å²) in [6, 6.07) is 21.0. The number of nitrogens with zero attached hydrogens (tertiary/aromatic N) is 2. The Hall–Kier alpha value is -4.13. The summed E-state index contributed by atoms with van der Waals surface area (Å²) in [5, 5.41) is 9.09. The predicted octanol–water partition coefficient (Wildman–Crippen LogP) is 4.05. The largest absolute Gasteiger partial charge is 0.497 e. The highest BCUT2D eigenvalue weighted by Gasteiger charge is 2.33. The molecule has 2 aliphatic rings. The zero-order valence-corrected chi connectivity index (χ0v) is 19.8. The SMILES string of the molecule is COc1ccc(C2=NN(C(=O)COc3cccc4c3CCNC4=O)[C@H](c3ccc(C)cc3)C2)cc1. The van der Waals surface area contributed by atoms with Crippen LogP contribution in [0.3, 0.4) is 0 Å². The smallest absolute Gasteiger partial charge is 0.281 e. The van der Waals surface area contributed by atoms with Crippen LogP contribution in [-0.4, -0.2) is 42.8 Å². The number of benzene rings is 3. The van der Waals surface area contributed by atoms with E-state index in [0.717, 1.165) is 33.7 Å². The summed E-state index contributed by atoms with van der Waals surface area (Å²) in [6.07, 6.45) is 1.27. The van der Waals surface area contributed by atoms with Crippen molar-refractivity contribution < 1.29 is 19.1 Å². The normalized spacial score (nSPS) is 16.9. The molecule has 2 heterocycles. The number of hydrogen-bond donors (Lipinski definition) is 1. The van der Waals surface area contributed by atoms with Gasteiger partial charge in [-0.05, 0) is 60.9 Å². The van der Waals surface area contributed by atoms with E-state index in [2.05, 4.69) is 5.32 Å². The highest BCUT2D eigenvalue weighted by atomic mass is 16.5. The average molecular weight is 470 g/mol. The lowest BCUT2D eigenvalue weighted by Gasteiger charge is -2.23. The topological polar surface area (TPSA) is 80.2 Å². The van der Waals surface area contributed by atoms with Crippen LogP contribution in [0.2, 0.25) is 0 Å². The van der Waals surface area contributed by atoms with Crippen LogP contribution in [0.1, 0.15) is 45.1 Å². The van der Waals surface area contributed by atoms with Gasteiger partial charge in [0.25, 0.3) is 11.8 Å². The Labute approximate surface area is 204 Å². The predicted molar refractivity (Wildman–Crippen MR) is 133 cm³/mol. The molecule has 7 heteroatoms. The second-order valence-corrected chi connectivity index (χ2v) is 8.72. The van der Waals surface area contributed by atoms with Crippen molar-refractivity contribution in [1.82, 2.24) is 10.3 Å². The Bertz CT molecular complexity index is 1280. The first-order valence-electron chi connectivity index (χ1n) is 11.7. The number of amides is 2. The van der Waals surface area contributed by atoms with Crippen LogP contribution in [0.5, 0.6) is 11.5 Å². The fourth-order valence-electron chi connectivity index (χ4n) is 4.52. The van der Waals surface area contributed by atoms with Crippen LogP contribution < -0.4 is 14.8 Å². The maximum Gasteiger partial charge on any atom is 0.281 e. The first kappa shape index (κ1) is 22.7. The first-order valence-corrected chi connectivity index (χ1v) is 11.7. The van der Waals surface area contributed by atoms with Gasteiger partial charge in [-0.15, -0.1) is 0 Å². The van der Waals surface area contributed by atoms with Gasteiger partial charge < -0.3 is 14.8 Å². The summed E-state index contributed by atoms with van der Waals surface area (Å²) in [6.45, 7) is 2.42. The van der Waals surface area contributed by atoms with Crippen molar-refractivity contribution in [3.05, 3.63) is 94.5 Å². The van der Waals surface area contributed by atoms with Crippen LogP contribution >= 0.6 is 0 Å². The number of ether oxygens (including phenoxy) is 2. The van der Waals surface area contributed by atoms with E-state index < -0.39 is 0 Å². The Morgan fingerprint density at radius 3 is 2.60 bits per heavy atom. The molecule has 0 fully saturated rings. The molecule has 1 N–H and O–H groups in total. The fourth-order valence-corrected chi connectivity index (χ4v) is 4.52. The molecule has 0 saturated heterocycles. The van der Waals surface area contributed by atoms with Crippen LogP contribution in [0.15, 0.2) is 71.8 Å². The molecule has 0 unspecified atom stereocenters. The molecule has 0 saturated carbocycles. The number of nitrogens with one attached hydrogen (secondary N) is 1. The van der Waals surface area contributed by atoms with Crippen LogP contribution in [0.4, 0.5) is 0 Å². The van der Waals surface area contributed by atoms with E-state index >= 15 is 0 Å². The van der Waals surface area contributed by atoms with E-state index in [4.69, 9.17) is 14.6 Å². The number of aryl methyl sites for hydroxylation is 1. The molecule has 178 valence electrons. The molecule has 2 amide bonds. The van der Waals surface area contributed by atoms with Gasteiger partial charge in [-0.1, -0.05) is 35.9 Å². The van der Waals surface area contributed by atoms with Crippen molar-refractivity contribution in [1.29, 1.82) is 0 Å². The summed E-state index contributed by atoms with van der Waals surface area (Å²) in [4.78, 5) is 25.5. The van der Waals surface area contributed by atoms with Gasteiger partial charge in [0.15, 0.2) is 6.61 Å². The van der Waals surface area contributed by atoms with Crippen LogP contribution in [0, 0.1) is 6.92 Å². The quantitative estimate of drug-likeness (QED) is 0.591. The van der Waals surface area contributed by atoms with Crippen LogP contribution in [-0.2, 0) is 11.2 Å². The third kappa shape index (κ3) is 4.62. The molecule has 5 rings (SSSR count). The minimum atomic E-state index is -0.239. The molecule has 7 nitrogen and oxygen atoms in total. The zero-order chi connectivity index (χ0) is 24.4. The minimum absolute atomic E-state index is 0.115. The molecule has 0 aliphatic carbocycles. The van der Waals surface area contributed by atoms with E-state index in [9.17, 15) is 9.59 Å². The Kier molecular flexibility index (Phi) is 6.23. The van der Waals surface area contributed by atoms with Gasteiger partial charge in [0.05, 0.1) is 18.9 Å². The molecular weight excluding hydrogens is 442 g/mol. The number of carbonyl (C=O) groups is 2. The molecule has 0 aromatic heterocycles. The monoisotopic (exact) mass is 469 g/mol. The lowest BCUT2D eigenvalue weighted by Crippen LogP contribution is -2.33. The molecule has 35 heavy (non-hydrogen) atoms. The van der Waals surface area contributed by atoms with Crippen LogP contribution in [0.25, 0.3) is 0 Å². The number of rotatable bonds is 6. The highest BCUT2D eigenvalue weighted by Crippen LogP contribution is 2.34. The highest BCUT2D eigenvalue weighted by molar-refractivity contribution is 6.03. The van der Waals surface area contributed by atoms with E-state index in [0.29, 0.717) is 30.7 Å². The van der Waals surface area contributed by atoms with Crippen molar-refractivity contribution in [2.75, 3.05) is 20.3 Å². The maximum atomic E-state index is 13.4. The third-order valence-electron chi connectivity index (χ3n) is 6.44. The molecule has 1 atom stereocenters. The van der Waals surface area contributed by atoms with E-state index in [1.165, 1.54) is 5.01 Å². The summed E-state index contributed by atoms with van der Waals surface area (Å²) < 4.78 is 11.2. The van der Waals surface area contributed by atoms with Gasteiger partial charge in [0.2, 0.25) is 0 Å². The molecule has 3 aromatic carbocycles. The average Bonchev–Trinajstić information content (AvgIpc) is 3.34. The number of methoxy groups -OCH3 is 1. The molecule has 0 bridgehead atoms. The Morgan fingerprint density at radius 2 is 1.86 bits per heavy atom. The Morgan fingerprint density at radius 1 is 1.09 bits per heavy atom. The number of fused-ring (bicyclic) bond motifs is 1. The van der Waals surface area contributed by atoms with E-state index in [-0.39, 0.29) is 24.5 Å². The standard InChI is InChI=1S/C28H27N3O4/c1-18-6-8-20(9-7-18)25-16-24(19-10-12-21(34-2)13-11-19)30-31(25)27(32)17-35-26-5-3-4-23-22(26)14-15-29-28(23)33/h3-13,25H,14-17H2,1-2H3,(H,29,33)/t25-/m0/s1. The lowest BCUT2D eigenvalue weighted by atomic mass is 9.97. The van der Waals surface area contributed by atoms with Crippen molar-refractivity contribution >= 4 is 17.5 Å².